The van der Waals surface area contributed by atoms with Crippen LogP contribution in [0.25, 0.3) is 34.2 Å². The Balaban J connectivity index is 1.45. The molecule has 0 amide bonds. The summed E-state index contributed by atoms with van der Waals surface area (Å²) in [7, 11) is -3.12. The smallest absolute Gasteiger partial charge is 0.173 e. The van der Waals surface area contributed by atoms with E-state index in [0.717, 1.165) is 42.4 Å². The van der Waals surface area contributed by atoms with Crippen LogP contribution in [0, 0.1) is 0 Å². The molecule has 4 nitrogen and oxygen atoms in total. The van der Waals surface area contributed by atoms with Crippen molar-refractivity contribution in [3.05, 3.63) is 133 Å². The predicted molar refractivity (Wildman–Crippen MR) is 160 cm³/mol. The van der Waals surface area contributed by atoms with Gasteiger partial charge in [0, 0.05) is 42.4 Å². The SMILES string of the molecule is O=P1(c2ccccc2)c2ccccc2Sc2ccc(-c3nc(-c4ccccc4)nc(-c4ccccc4)n3)cc21. The maximum absolute atomic E-state index is 15.2. The van der Waals surface area contributed by atoms with Crippen molar-refractivity contribution in [1.29, 1.82) is 0 Å². The van der Waals surface area contributed by atoms with Crippen LogP contribution in [0.5, 0.6) is 0 Å². The van der Waals surface area contributed by atoms with E-state index in [4.69, 9.17) is 15.0 Å². The molecule has 7 rings (SSSR count). The summed E-state index contributed by atoms with van der Waals surface area (Å²) in [6, 6.07) is 43.8. The summed E-state index contributed by atoms with van der Waals surface area (Å²) in [6.07, 6.45) is 0. The predicted octanol–water partition coefficient (Wildman–Crippen LogP) is 6.98. The van der Waals surface area contributed by atoms with Crippen LogP contribution in [0.3, 0.4) is 0 Å². The highest BCUT2D eigenvalue weighted by Crippen LogP contribution is 2.52. The second-order valence-corrected chi connectivity index (χ2v) is 13.0. The zero-order chi connectivity index (χ0) is 26.2. The van der Waals surface area contributed by atoms with Gasteiger partial charge < -0.3 is 4.57 Å². The maximum Gasteiger partial charge on any atom is 0.173 e. The summed E-state index contributed by atoms with van der Waals surface area (Å²) in [5.41, 5.74) is 2.63. The molecule has 6 heteroatoms. The van der Waals surface area contributed by atoms with Crippen molar-refractivity contribution in [1.82, 2.24) is 15.0 Å². The largest absolute Gasteiger partial charge is 0.309 e. The molecule has 1 aromatic heterocycles. The average molecular weight is 540 g/mol. The maximum atomic E-state index is 15.2. The standard InChI is InChI=1S/C33H22N3OPS/c37-38(26-16-8-3-9-17-26)27-18-10-11-19-29(27)39-30-21-20-25(22-28(30)38)33-35-31(23-12-4-1-5-13-23)34-32(36-33)24-14-6-2-7-15-24/h1-22H. The fourth-order valence-corrected chi connectivity index (χ4v) is 9.59. The first-order valence-electron chi connectivity index (χ1n) is 12.7. The zero-order valence-electron chi connectivity index (χ0n) is 20.8. The molecule has 6 aromatic rings. The quantitative estimate of drug-likeness (QED) is 0.226. The van der Waals surface area contributed by atoms with Gasteiger partial charge in [0.2, 0.25) is 0 Å². The van der Waals surface area contributed by atoms with Crippen LogP contribution in [0.4, 0.5) is 0 Å². The monoisotopic (exact) mass is 539 g/mol. The second-order valence-electron chi connectivity index (χ2n) is 9.24. The third kappa shape index (κ3) is 4.21. The van der Waals surface area contributed by atoms with E-state index >= 15 is 4.57 Å². The Labute approximate surface area is 231 Å². The van der Waals surface area contributed by atoms with E-state index in [1.807, 2.05) is 121 Å². The van der Waals surface area contributed by atoms with Gasteiger partial charge >= 0.3 is 0 Å². The third-order valence-electron chi connectivity index (χ3n) is 6.80. The molecule has 1 unspecified atom stereocenters. The van der Waals surface area contributed by atoms with Gasteiger partial charge in [-0.25, -0.2) is 15.0 Å². The van der Waals surface area contributed by atoms with Crippen LogP contribution >= 0.6 is 18.9 Å². The van der Waals surface area contributed by atoms with Crippen LogP contribution < -0.4 is 15.9 Å². The first-order chi connectivity index (χ1) is 19.2. The minimum absolute atomic E-state index is 0.550. The van der Waals surface area contributed by atoms with Gasteiger partial charge in [-0.05, 0) is 24.3 Å². The van der Waals surface area contributed by atoms with Crippen molar-refractivity contribution >= 4 is 34.8 Å². The van der Waals surface area contributed by atoms with Gasteiger partial charge in [0.15, 0.2) is 24.6 Å². The lowest BCUT2D eigenvalue weighted by atomic mass is 10.1. The molecular formula is C33H22N3OPS. The van der Waals surface area contributed by atoms with E-state index in [9.17, 15) is 0 Å². The van der Waals surface area contributed by atoms with Gasteiger partial charge in [0.25, 0.3) is 0 Å². The van der Waals surface area contributed by atoms with Crippen molar-refractivity contribution in [2.75, 3.05) is 0 Å². The zero-order valence-corrected chi connectivity index (χ0v) is 22.5. The highest BCUT2D eigenvalue weighted by molar-refractivity contribution is 8.02. The summed E-state index contributed by atoms with van der Waals surface area (Å²) < 4.78 is 15.2. The molecule has 39 heavy (non-hydrogen) atoms. The molecule has 0 saturated heterocycles. The number of hydrogen-bond donors (Lipinski definition) is 0. The molecule has 0 bridgehead atoms. The number of nitrogens with zero attached hydrogens (tertiary/aromatic N) is 3. The van der Waals surface area contributed by atoms with Gasteiger partial charge in [0.1, 0.15) is 0 Å². The van der Waals surface area contributed by atoms with E-state index in [2.05, 4.69) is 12.1 Å². The van der Waals surface area contributed by atoms with Gasteiger partial charge in [-0.1, -0.05) is 121 Å². The Morgan fingerprint density at radius 2 is 0.949 bits per heavy atom. The first-order valence-corrected chi connectivity index (χ1v) is 15.2. The molecule has 0 N–H and O–H groups in total. The molecule has 1 aliphatic heterocycles. The molecule has 0 saturated carbocycles. The Hall–Kier alpha value is -4.31. The molecule has 0 spiro atoms. The first kappa shape index (κ1) is 23.8. The van der Waals surface area contributed by atoms with Crippen molar-refractivity contribution in [2.24, 2.45) is 0 Å². The van der Waals surface area contributed by atoms with Crippen LogP contribution in [0.15, 0.2) is 143 Å². The lowest BCUT2D eigenvalue weighted by Crippen LogP contribution is -2.30. The normalized spacial score (nSPS) is 15.8. The minimum atomic E-state index is -3.12. The topological polar surface area (TPSA) is 55.7 Å². The molecule has 186 valence electrons. The van der Waals surface area contributed by atoms with E-state index in [1.165, 1.54) is 0 Å². The fraction of sp³-hybridized carbons (Fsp3) is 0. The summed E-state index contributed by atoms with van der Waals surface area (Å²) in [5.74, 6) is 1.75. The third-order valence-corrected chi connectivity index (χ3v) is 11.4. The van der Waals surface area contributed by atoms with Gasteiger partial charge in [-0.2, -0.15) is 0 Å². The Morgan fingerprint density at radius 1 is 0.462 bits per heavy atom. The molecule has 5 aromatic carbocycles. The molecule has 0 radical (unpaired) electrons. The lowest BCUT2D eigenvalue weighted by molar-refractivity contribution is 0.591. The highest BCUT2D eigenvalue weighted by atomic mass is 32.2. The van der Waals surface area contributed by atoms with Crippen molar-refractivity contribution in [3.8, 4) is 34.2 Å². The van der Waals surface area contributed by atoms with Gasteiger partial charge in [0.05, 0.1) is 0 Å². The Kier molecular flexibility index (Phi) is 5.96. The highest BCUT2D eigenvalue weighted by Gasteiger charge is 2.38. The number of aromatic nitrogens is 3. The number of hydrogen-bond acceptors (Lipinski definition) is 5. The second kappa shape index (κ2) is 9.77. The molecule has 2 heterocycles. The number of fused-ring (bicyclic) bond motifs is 2. The van der Waals surface area contributed by atoms with Crippen molar-refractivity contribution < 1.29 is 4.57 Å². The van der Waals surface area contributed by atoms with E-state index < -0.39 is 7.14 Å². The van der Waals surface area contributed by atoms with E-state index in [-0.39, 0.29) is 0 Å². The van der Waals surface area contributed by atoms with Crippen LogP contribution in [0.1, 0.15) is 0 Å². The number of benzene rings is 5. The molecular weight excluding hydrogens is 517 g/mol. The molecule has 0 aliphatic carbocycles. The Morgan fingerprint density at radius 3 is 1.56 bits per heavy atom. The Bertz CT molecular complexity index is 1800. The van der Waals surface area contributed by atoms with Gasteiger partial charge in [-0.15, -0.1) is 0 Å². The fourth-order valence-electron chi connectivity index (χ4n) is 4.89. The summed E-state index contributed by atoms with van der Waals surface area (Å²) in [4.78, 5) is 16.6. The van der Waals surface area contributed by atoms with Crippen molar-refractivity contribution in [2.45, 2.75) is 9.79 Å². The number of rotatable bonds is 4. The molecule has 0 fully saturated rings. The van der Waals surface area contributed by atoms with Crippen LogP contribution in [0.2, 0.25) is 0 Å². The molecule has 1 aliphatic rings. The summed E-state index contributed by atoms with van der Waals surface area (Å²) in [5, 5.41) is 2.51. The van der Waals surface area contributed by atoms with Crippen molar-refractivity contribution in [3.63, 3.8) is 0 Å². The molecule has 1 atom stereocenters. The summed E-state index contributed by atoms with van der Waals surface area (Å²) in [6.45, 7) is 0. The van der Waals surface area contributed by atoms with E-state index in [1.54, 1.807) is 11.8 Å². The van der Waals surface area contributed by atoms with Crippen LogP contribution in [-0.2, 0) is 4.57 Å². The van der Waals surface area contributed by atoms with E-state index in [0.29, 0.717) is 17.5 Å². The minimum Gasteiger partial charge on any atom is -0.309 e. The van der Waals surface area contributed by atoms with Gasteiger partial charge in [-0.3, -0.25) is 0 Å². The lowest BCUT2D eigenvalue weighted by Gasteiger charge is -2.29. The van der Waals surface area contributed by atoms with Crippen LogP contribution in [-0.4, -0.2) is 15.0 Å². The summed E-state index contributed by atoms with van der Waals surface area (Å²) >= 11 is 1.66. The average Bonchev–Trinajstić information content (AvgIpc) is 3.02.